The molecule has 1 heterocycles. The Balaban J connectivity index is 2.02. The van der Waals surface area contributed by atoms with Crippen molar-refractivity contribution in [1.29, 1.82) is 0 Å². The Bertz CT molecular complexity index is 750. The van der Waals surface area contributed by atoms with E-state index in [9.17, 15) is 9.59 Å². The number of benzene rings is 1. The Kier molecular flexibility index (Phi) is 5.95. The Hall–Kier alpha value is -1.93. The molecule has 2 aromatic rings. The van der Waals surface area contributed by atoms with Crippen LogP contribution >= 0.6 is 23.1 Å². The van der Waals surface area contributed by atoms with E-state index in [0.29, 0.717) is 9.47 Å². The summed E-state index contributed by atoms with van der Waals surface area (Å²) in [5, 5.41) is 13.5. The quantitative estimate of drug-likeness (QED) is 0.626. The SMILES string of the molecule is CC(=O)Nc1nnc(SC(C)C(=O)Nc2c(C)cc(C)cc2C)s1. The summed E-state index contributed by atoms with van der Waals surface area (Å²) in [6.07, 6.45) is 0. The zero-order chi connectivity index (χ0) is 17.9. The first kappa shape index (κ1) is 18.4. The minimum Gasteiger partial charge on any atom is -0.325 e. The summed E-state index contributed by atoms with van der Waals surface area (Å²) in [5.41, 5.74) is 4.11. The van der Waals surface area contributed by atoms with Crippen LogP contribution in [0.5, 0.6) is 0 Å². The molecular weight excluding hydrogens is 344 g/mol. The molecule has 0 aliphatic heterocycles. The van der Waals surface area contributed by atoms with E-state index in [-0.39, 0.29) is 17.1 Å². The Morgan fingerprint density at radius 1 is 1.12 bits per heavy atom. The van der Waals surface area contributed by atoms with Gasteiger partial charge in [-0.3, -0.25) is 9.59 Å². The number of aromatic nitrogens is 2. The highest BCUT2D eigenvalue weighted by Gasteiger charge is 2.19. The van der Waals surface area contributed by atoms with Gasteiger partial charge in [0.25, 0.3) is 0 Å². The van der Waals surface area contributed by atoms with Crippen LogP contribution in [0.3, 0.4) is 0 Å². The molecule has 2 N–H and O–H groups in total. The molecule has 128 valence electrons. The lowest BCUT2D eigenvalue weighted by molar-refractivity contribution is -0.115. The Morgan fingerprint density at radius 2 is 1.75 bits per heavy atom. The molecule has 2 rings (SSSR count). The van der Waals surface area contributed by atoms with Gasteiger partial charge in [-0.2, -0.15) is 0 Å². The van der Waals surface area contributed by atoms with Crippen LogP contribution in [0.15, 0.2) is 16.5 Å². The maximum absolute atomic E-state index is 12.4. The number of carbonyl (C=O) groups excluding carboxylic acids is 2. The van der Waals surface area contributed by atoms with Gasteiger partial charge in [0.15, 0.2) is 4.34 Å². The first-order chi connectivity index (χ1) is 11.3. The second-order valence-corrected chi connectivity index (χ2v) is 8.14. The molecule has 0 saturated heterocycles. The molecule has 2 amide bonds. The summed E-state index contributed by atoms with van der Waals surface area (Å²) < 4.78 is 0.638. The number of aryl methyl sites for hydroxylation is 3. The lowest BCUT2D eigenvalue weighted by atomic mass is 10.1. The molecule has 0 radical (unpaired) electrons. The van der Waals surface area contributed by atoms with Gasteiger partial charge in [-0.25, -0.2) is 0 Å². The molecule has 0 aliphatic carbocycles. The highest BCUT2D eigenvalue weighted by molar-refractivity contribution is 8.02. The first-order valence-electron chi connectivity index (χ1n) is 7.42. The summed E-state index contributed by atoms with van der Waals surface area (Å²) >= 11 is 2.57. The Morgan fingerprint density at radius 3 is 2.33 bits per heavy atom. The minimum atomic E-state index is -0.330. The molecule has 0 aliphatic rings. The molecule has 0 fully saturated rings. The van der Waals surface area contributed by atoms with Crippen molar-refractivity contribution >= 4 is 45.7 Å². The topological polar surface area (TPSA) is 84.0 Å². The van der Waals surface area contributed by atoms with Crippen LogP contribution in [-0.2, 0) is 9.59 Å². The molecule has 8 heteroatoms. The molecule has 24 heavy (non-hydrogen) atoms. The normalized spacial score (nSPS) is 11.9. The van der Waals surface area contributed by atoms with Crippen LogP contribution in [-0.4, -0.2) is 27.3 Å². The lowest BCUT2D eigenvalue weighted by Gasteiger charge is -2.15. The standard InChI is InChI=1S/C16H20N4O2S2/c1-8-6-9(2)13(10(3)7-8)18-14(22)11(4)23-16-20-19-15(24-16)17-12(5)21/h6-7,11H,1-5H3,(H,18,22)(H,17,19,21). The number of anilines is 2. The van der Waals surface area contributed by atoms with Crippen molar-refractivity contribution in [3.05, 3.63) is 28.8 Å². The van der Waals surface area contributed by atoms with Crippen molar-refractivity contribution < 1.29 is 9.59 Å². The summed E-state index contributed by atoms with van der Waals surface area (Å²) in [6.45, 7) is 9.23. The van der Waals surface area contributed by atoms with Gasteiger partial charge >= 0.3 is 0 Å². The predicted molar refractivity (Wildman–Crippen MR) is 98.8 cm³/mol. The second-order valence-electron chi connectivity index (χ2n) is 5.58. The number of thioether (sulfide) groups is 1. The van der Waals surface area contributed by atoms with Crippen molar-refractivity contribution in [3.63, 3.8) is 0 Å². The zero-order valence-corrected chi connectivity index (χ0v) is 15.9. The maximum atomic E-state index is 12.4. The van der Waals surface area contributed by atoms with Gasteiger partial charge in [-0.1, -0.05) is 40.8 Å². The second kappa shape index (κ2) is 7.76. The van der Waals surface area contributed by atoms with E-state index in [1.807, 2.05) is 39.8 Å². The number of hydrogen-bond donors (Lipinski definition) is 2. The van der Waals surface area contributed by atoms with E-state index in [2.05, 4.69) is 20.8 Å². The molecule has 0 bridgehead atoms. The number of amides is 2. The van der Waals surface area contributed by atoms with E-state index >= 15 is 0 Å². The third-order valence-electron chi connectivity index (χ3n) is 3.26. The third kappa shape index (κ3) is 4.78. The smallest absolute Gasteiger partial charge is 0.237 e. The van der Waals surface area contributed by atoms with Gasteiger partial charge in [-0.15, -0.1) is 10.2 Å². The summed E-state index contributed by atoms with van der Waals surface area (Å²) in [7, 11) is 0. The van der Waals surface area contributed by atoms with Gasteiger partial charge in [-0.05, 0) is 38.8 Å². The number of hydrogen-bond acceptors (Lipinski definition) is 6. The van der Waals surface area contributed by atoms with E-state index in [4.69, 9.17) is 0 Å². The number of rotatable bonds is 5. The van der Waals surface area contributed by atoms with Crippen molar-refractivity contribution in [2.45, 2.75) is 44.2 Å². The van der Waals surface area contributed by atoms with Crippen molar-refractivity contribution in [2.75, 3.05) is 10.6 Å². The van der Waals surface area contributed by atoms with Crippen LogP contribution in [0.25, 0.3) is 0 Å². The molecule has 0 saturated carbocycles. The molecule has 1 aromatic heterocycles. The highest BCUT2D eigenvalue weighted by Crippen LogP contribution is 2.30. The summed E-state index contributed by atoms with van der Waals surface area (Å²) in [4.78, 5) is 23.4. The fourth-order valence-corrected chi connectivity index (χ4v) is 4.21. The van der Waals surface area contributed by atoms with Gasteiger partial charge in [0, 0.05) is 12.6 Å². The van der Waals surface area contributed by atoms with E-state index < -0.39 is 0 Å². The van der Waals surface area contributed by atoms with Gasteiger partial charge < -0.3 is 10.6 Å². The van der Waals surface area contributed by atoms with Crippen molar-refractivity contribution in [1.82, 2.24) is 10.2 Å². The summed E-state index contributed by atoms with van der Waals surface area (Å²) in [6, 6.07) is 4.09. The first-order valence-corrected chi connectivity index (χ1v) is 9.12. The van der Waals surface area contributed by atoms with Crippen molar-refractivity contribution in [3.8, 4) is 0 Å². The fourth-order valence-electron chi connectivity index (χ4n) is 2.27. The molecular formula is C16H20N4O2S2. The zero-order valence-electron chi connectivity index (χ0n) is 14.3. The maximum Gasteiger partial charge on any atom is 0.237 e. The number of carbonyl (C=O) groups is 2. The highest BCUT2D eigenvalue weighted by atomic mass is 32.2. The van der Waals surface area contributed by atoms with E-state index in [0.717, 1.165) is 16.8 Å². The lowest BCUT2D eigenvalue weighted by Crippen LogP contribution is -2.23. The van der Waals surface area contributed by atoms with Crippen LogP contribution < -0.4 is 10.6 Å². The molecule has 1 atom stereocenters. The van der Waals surface area contributed by atoms with E-state index in [1.54, 1.807) is 0 Å². The molecule has 6 nitrogen and oxygen atoms in total. The predicted octanol–water partition coefficient (Wildman–Crippen LogP) is 3.54. The molecule has 0 spiro atoms. The average Bonchev–Trinajstić information content (AvgIpc) is 2.88. The van der Waals surface area contributed by atoms with Gasteiger partial charge in [0.05, 0.1) is 5.25 Å². The molecule has 1 aromatic carbocycles. The van der Waals surface area contributed by atoms with Crippen molar-refractivity contribution in [2.24, 2.45) is 0 Å². The van der Waals surface area contributed by atoms with Gasteiger partial charge in [0.1, 0.15) is 0 Å². The third-order valence-corrected chi connectivity index (χ3v) is 5.28. The molecule has 1 unspecified atom stereocenters. The average molecular weight is 364 g/mol. The van der Waals surface area contributed by atoms with Crippen LogP contribution in [0.1, 0.15) is 30.5 Å². The number of nitrogens with zero attached hydrogens (tertiary/aromatic N) is 2. The fraction of sp³-hybridized carbons (Fsp3) is 0.375. The minimum absolute atomic E-state index is 0.0914. The van der Waals surface area contributed by atoms with E-state index in [1.165, 1.54) is 35.6 Å². The van der Waals surface area contributed by atoms with Gasteiger partial charge in [0.2, 0.25) is 16.9 Å². The van der Waals surface area contributed by atoms with Crippen LogP contribution in [0.2, 0.25) is 0 Å². The Labute approximate surface area is 149 Å². The largest absolute Gasteiger partial charge is 0.325 e. The van der Waals surface area contributed by atoms with Crippen LogP contribution in [0.4, 0.5) is 10.8 Å². The monoisotopic (exact) mass is 364 g/mol. The number of nitrogens with one attached hydrogen (secondary N) is 2. The summed E-state index contributed by atoms with van der Waals surface area (Å²) in [5.74, 6) is -0.287. The van der Waals surface area contributed by atoms with Crippen LogP contribution in [0, 0.1) is 20.8 Å².